The van der Waals surface area contributed by atoms with Gasteiger partial charge in [0.25, 0.3) is 0 Å². The first-order valence-corrected chi connectivity index (χ1v) is 6.01. The van der Waals surface area contributed by atoms with Crippen molar-refractivity contribution in [1.29, 1.82) is 0 Å². The van der Waals surface area contributed by atoms with E-state index in [1.165, 1.54) is 13.1 Å². The summed E-state index contributed by atoms with van der Waals surface area (Å²) in [4.78, 5) is 27.5. The maximum atomic E-state index is 12.4. The van der Waals surface area contributed by atoms with Gasteiger partial charge in [-0.05, 0) is 12.1 Å². The summed E-state index contributed by atoms with van der Waals surface area (Å²) in [6.07, 6.45) is 0. The Morgan fingerprint density at radius 2 is 2.00 bits per heavy atom. The Kier molecular flexibility index (Phi) is 2.84. The van der Waals surface area contributed by atoms with Crippen LogP contribution < -0.4 is 10.5 Å². The number of nitrogens with zero attached hydrogens (tertiary/aromatic N) is 2. The highest BCUT2D eigenvalue weighted by atomic mass is 16.5. The molecule has 0 unspecified atom stereocenters. The third kappa shape index (κ3) is 2.00. The lowest BCUT2D eigenvalue weighted by Crippen LogP contribution is -2.18. The molecule has 0 aliphatic carbocycles. The summed E-state index contributed by atoms with van der Waals surface area (Å²) in [5.41, 5.74) is -0.271. The molecule has 2 N–H and O–H groups in total. The fourth-order valence-corrected chi connectivity index (χ4v) is 2.12. The number of hydrogen-bond acceptors (Lipinski definition) is 6. The lowest BCUT2D eigenvalue weighted by molar-refractivity contribution is 0.0695. The third-order valence-electron chi connectivity index (χ3n) is 3.07. The van der Waals surface area contributed by atoms with E-state index in [1.54, 1.807) is 24.3 Å². The zero-order valence-electron chi connectivity index (χ0n) is 10.9. The normalized spacial score (nSPS) is 11.0. The Hall–Kier alpha value is -2.93. The number of pyridine rings is 1. The highest BCUT2D eigenvalue weighted by molar-refractivity contribution is 5.98. The van der Waals surface area contributed by atoms with Gasteiger partial charge in [0, 0.05) is 13.1 Å². The van der Waals surface area contributed by atoms with Crippen LogP contribution in [0.5, 0.6) is 0 Å². The number of carboxylic acid groups (broad SMARTS) is 1. The highest BCUT2D eigenvalue weighted by Crippen LogP contribution is 2.23. The number of hydrogen-bond donors (Lipinski definition) is 2. The topological polar surface area (TPSA) is 104 Å². The molecular formula is C14H10N2O5. The largest absolute Gasteiger partial charge is 0.478 e. The standard InChI is InChI=1S/C14H10N2O5/c1-16(20)13-8(14(18)19)6-10-11(15-13)12(17)7-4-2-3-5-9(7)21-10/h2-6,20H,1H3,(H,18,19). The van der Waals surface area contributed by atoms with Crippen LogP contribution in [-0.2, 0) is 0 Å². The molecule has 7 nitrogen and oxygen atoms in total. The molecule has 7 heteroatoms. The van der Waals surface area contributed by atoms with Crippen molar-refractivity contribution in [3.05, 3.63) is 46.1 Å². The molecule has 21 heavy (non-hydrogen) atoms. The minimum Gasteiger partial charge on any atom is -0.478 e. The van der Waals surface area contributed by atoms with Crippen molar-refractivity contribution < 1.29 is 19.5 Å². The van der Waals surface area contributed by atoms with Gasteiger partial charge in [-0.1, -0.05) is 12.1 Å². The Morgan fingerprint density at radius 3 is 2.67 bits per heavy atom. The molecular weight excluding hydrogens is 276 g/mol. The molecule has 0 amide bonds. The second-order valence-corrected chi connectivity index (χ2v) is 4.46. The molecule has 0 aliphatic heterocycles. The van der Waals surface area contributed by atoms with Gasteiger partial charge < -0.3 is 9.52 Å². The van der Waals surface area contributed by atoms with Gasteiger partial charge in [0.15, 0.2) is 16.9 Å². The van der Waals surface area contributed by atoms with Crippen LogP contribution in [0.25, 0.3) is 22.1 Å². The monoisotopic (exact) mass is 286 g/mol. The highest BCUT2D eigenvalue weighted by Gasteiger charge is 2.19. The van der Waals surface area contributed by atoms with Crippen molar-refractivity contribution in [2.24, 2.45) is 0 Å². The molecule has 0 aliphatic rings. The second-order valence-electron chi connectivity index (χ2n) is 4.46. The number of aromatic carboxylic acids is 1. The van der Waals surface area contributed by atoms with E-state index in [4.69, 9.17) is 9.52 Å². The molecule has 3 aromatic rings. The summed E-state index contributed by atoms with van der Waals surface area (Å²) in [6, 6.07) is 7.78. The number of para-hydroxylation sites is 1. The van der Waals surface area contributed by atoms with Crippen LogP contribution in [0.3, 0.4) is 0 Å². The molecule has 0 spiro atoms. The maximum Gasteiger partial charge on any atom is 0.339 e. The zero-order chi connectivity index (χ0) is 15.1. The van der Waals surface area contributed by atoms with Gasteiger partial charge in [-0.3, -0.25) is 10.0 Å². The van der Waals surface area contributed by atoms with Gasteiger partial charge in [-0.25, -0.2) is 14.8 Å². The van der Waals surface area contributed by atoms with Crippen LogP contribution in [0, 0.1) is 0 Å². The summed E-state index contributed by atoms with van der Waals surface area (Å²) >= 11 is 0. The molecule has 0 saturated heterocycles. The van der Waals surface area contributed by atoms with E-state index < -0.39 is 5.97 Å². The summed E-state index contributed by atoms with van der Waals surface area (Å²) in [7, 11) is 1.23. The second kappa shape index (κ2) is 4.57. The average Bonchev–Trinajstić information content (AvgIpc) is 2.46. The molecule has 0 bridgehead atoms. The van der Waals surface area contributed by atoms with E-state index in [0.29, 0.717) is 16.0 Å². The third-order valence-corrected chi connectivity index (χ3v) is 3.07. The van der Waals surface area contributed by atoms with Crippen LogP contribution in [0.15, 0.2) is 39.5 Å². The smallest absolute Gasteiger partial charge is 0.339 e. The SMILES string of the molecule is CN(O)c1nc2c(=O)c3ccccc3oc2cc1C(=O)O. The Labute approximate surface area is 117 Å². The van der Waals surface area contributed by atoms with E-state index in [-0.39, 0.29) is 27.9 Å². The Balaban J connectivity index is 2.49. The number of benzene rings is 1. The first-order valence-electron chi connectivity index (χ1n) is 6.01. The van der Waals surface area contributed by atoms with Crippen LogP contribution in [-0.4, -0.2) is 28.3 Å². The van der Waals surface area contributed by atoms with Gasteiger partial charge in [0.1, 0.15) is 11.1 Å². The molecule has 2 heterocycles. The van der Waals surface area contributed by atoms with E-state index in [9.17, 15) is 14.8 Å². The first kappa shape index (κ1) is 13.1. The van der Waals surface area contributed by atoms with E-state index in [2.05, 4.69) is 4.98 Å². The van der Waals surface area contributed by atoms with Gasteiger partial charge in [-0.2, -0.15) is 0 Å². The Bertz CT molecular complexity index is 930. The molecule has 0 fully saturated rings. The van der Waals surface area contributed by atoms with Gasteiger partial charge in [-0.15, -0.1) is 0 Å². The molecule has 0 radical (unpaired) electrons. The molecule has 2 aromatic heterocycles. The predicted octanol–water partition coefficient (Wildman–Crippen LogP) is 1.86. The van der Waals surface area contributed by atoms with Crippen molar-refractivity contribution in [3.63, 3.8) is 0 Å². The van der Waals surface area contributed by atoms with Crippen molar-refractivity contribution in [2.75, 3.05) is 12.1 Å². The molecule has 0 saturated carbocycles. The number of aromatic nitrogens is 1. The lowest BCUT2D eigenvalue weighted by atomic mass is 10.1. The van der Waals surface area contributed by atoms with Crippen molar-refractivity contribution in [1.82, 2.24) is 4.98 Å². The Morgan fingerprint density at radius 1 is 1.29 bits per heavy atom. The minimum atomic E-state index is -1.28. The van der Waals surface area contributed by atoms with Gasteiger partial charge in [0.05, 0.1) is 5.39 Å². The average molecular weight is 286 g/mol. The molecule has 0 atom stereocenters. The van der Waals surface area contributed by atoms with Gasteiger partial charge in [0.2, 0.25) is 5.43 Å². The summed E-state index contributed by atoms with van der Waals surface area (Å²) in [5.74, 6) is -1.51. The molecule has 3 rings (SSSR count). The van der Waals surface area contributed by atoms with Crippen LogP contribution in [0.4, 0.5) is 5.82 Å². The van der Waals surface area contributed by atoms with Crippen LogP contribution in [0.2, 0.25) is 0 Å². The quantitative estimate of drug-likeness (QED) is 0.547. The number of fused-ring (bicyclic) bond motifs is 2. The molecule has 106 valence electrons. The molecule has 1 aromatic carbocycles. The fraction of sp³-hybridized carbons (Fsp3) is 0.0714. The fourth-order valence-electron chi connectivity index (χ4n) is 2.12. The lowest BCUT2D eigenvalue weighted by Gasteiger charge is -2.12. The number of carboxylic acids is 1. The summed E-state index contributed by atoms with van der Waals surface area (Å²) in [6.45, 7) is 0. The summed E-state index contributed by atoms with van der Waals surface area (Å²) in [5, 5.41) is 19.5. The van der Waals surface area contributed by atoms with Crippen molar-refractivity contribution in [3.8, 4) is 0 Å². The maximum absolute atomic E-state index is 12.4. The van der Waals surface area contributed by atoms with Crippen LogP contribution >= 0.6 is 0 Å². The van der Waals surface area contributed by atoms with E-state index in [0.717, 1.165) is 0 Å². The summed E-state index contributed by atoms with van der Waals surface area (Å²) < 4.78 is 5.53. The van der Waals surface area contributed by atoms with Crippen LogP contribution in [0.1, 0.15) is 10.4 Å². The predicted molar refractivity (Wildman–Crippen MR) is 74.9 cm³/mol. The van der Waals surface area contributed by atoms with Crippen molar-refractivity contribution in [2.45, 2.75) is 0 Å². The minimum absolute atomic E-state index is 0.0328. The number of carbonyl (C=O) groups is 1. The first-order chi connectivity index (χ1) is 9.99. The van der Waals surface area contributed by atoms with Gasteiger partial charge >= 0.3 is 5.97 Å². The van der Waals surface area contributed by atoms with Crippen molar-refractivity contribution >= 4 is 33.9 Å². The number of anilines is 1. The van der Waals surface area contributed by atoms with E-state index >= 15 is 0 Å². The number of hydroxylamine groups is 1. The zero-order valence-corrected chi connectivity index (χ0v) is 10.9. The number of rotatable bonds is 2. The van der Waals surface area contributed by atoms with E-state index in [1.807, 2.05) is 0 Å².